The standard InChI is InChI=1S/C16H25N/c1-13(2)7-6-12-17-16-11-5-9-14-8-3-4-10-15(14)16/h5,9,11,13,17H,3-4,6-8,10,12H2,1-2H3. The molecule has 0 atom stereocenters. The highest BCUT2D eigenvalue weighted by molar-refractivity contribution is 5.55. The molecule has 2 rings (SSSR count). The quantitative estimate of drug-likeness (QED) is 0.740. The molecule has 1 aliphatic rings. The van der Waals surface area contributed by atoms with E-state index in [4.69, 9.17) is 0 Å². The fraction of sp³-hybridized carbons (Fsp3) is 0.625. The number of benzene rings is 1. The maximum Gasteiger partial charge on any atom is 0.0375 e. The average Bonchev–Trinajstić information content (AvgIpc) is 2.34. The Morgan fingerprint density at radius 1 is 1.18 bits per heavy atom. The minimum absolute atomic E-state index is 0.821. The van der Waals surface area contributed by atoms with Crippen LogP contribution in [0.4, 0.5) is 5.69 Å². The normalized spacial score (nSPS) is 14.8. The lowest BCUT2D eigenvalue weighted by Gasteiger charge is -2.20. The average molecular weight is 231 g/mol. The van der Waals surface area contributed by atoms with Crippen LogP contribution in [-0.2, 0) is 12.8 Å². The summed E-state index contributed by atoms with van der Waals surface area (Å²) >= 11 is 0. The molecule has 94 valence electrons. The number of nitrogens with one attached hydrogen (secondary N) is 1. The Morgan fingerprint density at radius 2 is 2.00 bits per heavy atom. The maximum atomic E-state index is 3.63. The molecule has 1 aliphatic carbocycles. The van der Waals surface area contributed by atoms with E-state index in [1.54, 1.807) is 11.1 Å². The summed E-state index contributed by atoms with van der Waals surface area (Å²) in [5, 5.41) is 3.63. The van der Waals surface area contributed by atoms with Crippen molar-refractivity contribution in [3.63, 3.8) is 0 Å². The summed E-state index contributed by atoms with van der Waals surface area (Å²) in [6.45, 7) is 5.71. The van der Waals surface area contributed by atoms with Crippen molar-refractivity contribution in [1.29, 1.82) is 0 Å². The molecule has 0 radical (unpaired) electrons. The zero-order chi connectivity index (χ0) is 12.1. The zero-order valence-corrected chi connectivity index (χ0v) is 11.3. The first-order valence-electron chi connectivity index (χ1n) is 7.12. The number of hydrogen-bond acceptors (Lipinski definition) is 1. The van der Waals surface area contributed by atoms with E-state index in [0.717, 1.165) is 12.5 Å². The number of hydrogen-bond donors (Lipinski definition) is 1. The molecule has 17 heavy (non-hydrogen) atoms. The van der Waals surface area contributed by atoms with Gasteiger partial charge in [-0.1, -0.05) is 26.0 Å². The van der Waals surface area contributed by atoms with E-state index in [1.807, 2.05) is 0 Å². The van der Waals surface area contributed by atoms with E-state index in [2.05, 4.69) is 37.4 Å². The van der Waals surface area contributed by atoms with Crippen molar-refractivity contribution in [2.24, 2.45) is 5.92 Å². The molecule has 1 aromatic carbocycles. The number of fused-ring (bicyclic) bond motifs is 1. The van der Waals surface area contributed by atoms with E-state index >= 15 is 0 Å². The molecule has 0 unspecified atom stereocenters. The SMILES string of the molecule is CC(C)CCCNc1cccc2c1CCCC2. The first-order valence-corrected chi connectivity index (χ1v) is 7.12. The van der Waals surface area contributed by atoms with Gasteiger partial charge in [-0.15, -0.1) is 0 Å². The van der Waals surface area contributed by atoms with Crippen molar-refractivity contribution in [3.8, 4) is 0 Å². The van der Waals surface area contributed by atoms with Crippen LogP contribution >= 0.6 is 0 Å². The molecule has 0 saturated heterocycles. The second-order valence-corrected chi connectivity index (χ2v) is 5.61. The van der Waals surface area contributed by atoms with Gasteiger partial charge >= 0.3 is 0 Å². The van der Waals surface area contributed by atoms with Crippen LogP contribution in [-0.4, -0.2) is 6.54 Å². The third-order valence-corrected chi connectivity index (χ3v) is 3.67. The topological polar surface area (TPSA) is 12.0 Å². The predicted octanol–water partition coefficient (Wildman–Crippen LogP) is 4.41. The van der Waals surface area contributed by atoms with Gasteiger partial charge in [-0.3, -0.25) is 0 Å². The highest BCUT2D eigenvalue weighted by Gasteiger charge is 2.12. The number of rotatable bonds is 5. The minimum Gasteiger partial charge on any atom is -0.385 e. The second-order valence-electron chi connectivity index (χ2n) is 5.61. The van der Waals surface area contributed by atoms with Crippen LogP contribution in [0.5, 0.6) is 0 Å². The summed E-state index contributed by atoms with van der Waals surface area (Å²) in [5.74, 6) is 0.821. The predicted molar refractivity (Wildman–Crippen MR) is 75.6 cm³/mol. The van der Waals surface area contributed by atoms with Gasteiger partial charge in [0.2, 0.25) is 0 Å². The fourth-order valence-corrected chi connectivity index (χ4v) is 2.68. The van der Waals surface area contributed by atoms with E-state index < -0.39 is 0 Å². The lowest BCUT2D eigenvalue weighted by Crippen LogP contribution is -2.09. The van der Waals surface area contributed by atoms with Crippen molar-refractivity contribution in [2.75, 3.05) is 11.9 Å². The van der Waals surface area contributed by atoms with Crippen LogP contribution in [0.25, 0.3) is 0 Å². The van der Waals surface area contributed by atoms with Gasteiger partial charge in [0, 0.05) is 12.2 Å². The Morgan fingerprint density at radius 3 is 2.82 bits per heavy atom. The molecule has 1 nitrogen and oxygen atoms in total. The summed E-state index contributed by atoms with van der Waals surface area (Å²) in [7, 11) is 0. The molecule has 1 heteroatoms. The Labute approximate surface area is 106 Å². The van der Waals surface area contributed by atoms with Crippen molar-refractivity contribution in [2.45, 2.75) is 52.4 Å². The van der Waals surface area contributed by atoms with Crippen molar-refractivity contribution < 1.29 is 0 Å². The molecule has 0 saturated carbocycles. The lowest BCUT2D eigenvalue weighted by atomic mass is 9.90. The molecule has 1 N–H and O–H groups in total. The summed E-state index contributed by atoms with van der Waals surface area (Å²) in [5.41, 5.74) is 4.55. The van der Waals surface area contributed by atoms with Crippen molar-refractivity contribution in [1.82, 2.24) is 0 Å². The van der Waals surface area contributed by atoms with Gasteiger partial charge < -0.3 is 5.32 Å². The van der Waals surface area contributed by atoms with Crippen LogP contribution in [0.2, 0.25) is 0 Å². The van der Waals surface area contributed by atoms with Gasteiger partial charge in [0.05, 0.1) is 0 Å². The molecule has 0 amide bonds. The van der Waals surface area contributed by atoms with Gasteiger partial charge in [0.1, 0.15) is 0 Å². The Kier molecular flexibility index (Phi) is 4.47. The molecular weight excluding hydrogens is 206 g/mol. The van der Waals surface area contributed by atoms with Gasteiger partial charge in [-0.05, 0) is 61.6 Å². The molecule has 0 bridgehead atoms. The summed E-state index contributed by atoms with van der Waals surface area (Å²) in [6, 6.07) is 6.75. The second kappa shape index (κ2) is 6.09. The summed E-state index contributed by atoms with van der Waals surface area (Å²) < 4.78 is 0. The lowest BCUT2D eigenvalue weighted by molar-refractivity contribution is 0.566. The smallest absolute Gasteiger partial charge is 0.0375 e. The van der Waals surface area contributed by atoms with Crippen LogP contribution in [0.3, 0.4) is 0 Å². The first-order chi connectivity index (χ1) is 8.27. The third kappa shape index (κ3) is 3.49. The Hall–Kier alpha value is -0.980. The largest absolute Gasteiger partial charge is 0.385 e. The first kappa shape index (κ1) is 12.5. The van der Waals surface area contributed by atoms with Crippen LogP contribution in [0.1, 0.15) is 50.7 Å². The number of anilines is 1. The Balaban J connectivity index is 1.92. The third-order valence-electron chi connectivity index (χ3n) is 3.67. The summed E-state index contributed by atoms with van der Waals surface area (Å²) in [4.78, 5) is 0. The highest BCUT2D eigenvalue weighted by Crippen LogP contribution is 2.27. The van der Waals surface area contributed by atoms with Crippen molar-refractivity contribution in [3.05, 3.63) is 29.3 Å². The highest BCUT2D eigenvalue weighted by atomic mass is 14.9. The van der Waals surface area contributed by atoms with Crippen LogP contribution in [0.15, 0.2) is 18.2 Å². The number of aryl methyl sites for hydroxylation is 1. The Bertz CT molecular complexity index is 355. The van der Waals surface area contributed by atoms with E-state index in [1.165, 1.54) is 44.2 Å². The monoisotopic (exact) mass is 231 g/mol. The molecule has 0 fully saturated rings. The van der Waals surface area contributed by atoms with E-state index in [0.29, 0.717) is 0 Å². The minimum atomic E-state index is 0.821. The maximum absolute atomic E-state index is 3.63. The van der Waals surface area contributed by atoms with E-state index in [-0.39, 0.29) is 0 Å². The van der Waals surface area contributed by atoms with Crippen LogP contribution in [0, 0.1) is 5.92 Å². The van der Waals surface area contributed by atoms with Crippen molar-refractivity contribution >= 4 is 5.69 Å². The molecule has 0 aromatic heterocycles. The zero-order valence-electron chi connectivity index (χ0n) is 11.3. The molecular formula is C16H25N. The molecule has 1 aromatic rings. The van der Waals surface area contributed by atoms with Gasteiger partial charge in [0.15, 0.2) is 0 Å². The molecule has 0 heterocycles. The molecule has 0 aliphatic heterocycles. The molecule has 0 spiro atoms. The fourth-order valence-electron chi connectivity index (χ4n) is 2.68. The van der Waals surface area contributed by atoms with Gasteiger partial charge in [-0.25, -0.2) is 0 Å². The van der Waals surface area contributed by atoms with E-state index in [9.17, 15) is 0 Å². The van der Waals surface area contributed by atoms with Gasteiger partial charge in [-0.2, -0.15) is 0 Å². The summed E-state index contributed by atoms with van der Waals surface area (Å²) in [6.07, 6.45) is 7.87. The van der Waals surface area contributed by atoms with Gasteiger partial charge in [0.25, 0.3) is 0 Å². The van der Waals surface area contributed by atoms with Crippen LogP contribution < -0.4 is 5.32 Å².